The van der Waals surface area contributed by atoms with E-state index in [1.165, 1.54) is 0 Å². The Morgan fingerprint density at radius 1 is 1.03 bits per heavy atom. The predicted octanol–water partition coefficient (Wildman–Crippen LogP) is 7.38. The number of piperidine rings is 1. The van der Waals surface area contributed by atoms with Crippen LogP contribution in [0.25, 0.3) is 22.3 Å². The second-order valence-corrected chi connectivity index (χ2v) is 10.4. The van der Waals surface area contributed by atoms with Crippen LogP contribution < -0.4 is 0 Å². The van der Waals surface area contributed by atoms with Gasteiger partial charge in [0, 0.05) is 57.7 Å². The lowest BCUT2D eigenvalue weighted by Gasteiger charge is -2.30. The molecular formula is C28H30ClFN2O. The molecule has 1 aliphatic heterocycles. The Balaban J connectivity index is 1.66. The molecule has 172 valence electrons. The van der Waals surface area contributed by atoms with Crippen molar-refractivity contribution >= 4 is 17.5 Å². The normalized spacial score (nSPS) is 15.0. The van der Waals surface area contributed by atoms with Gasteiger partial charge >= 0.3 is 0 Å². The molecule has 1 fully saturated rings. The van der Waals surface area contributed by atoms with E-state index in [9.17, 15) is 4.79 Å². The molecule has 1 aliphatic rings. The largest absolute Gasteiger partial charge is 0.339 e. The Morgan fingerprint density at radius 3 is 2.39 bits per heavy atom. The molecule has 1 amide bonds. The molecule has 33 heavy (non-hydrogen) atoms. The Kier molecular flexibility index (Phi) is 6.58. The van der Waals surface area contributed by atoms with Crippen molar-refractivity contribution in [3.8, 4) is 22.3 Å². The third-order valence-electron chi connectivity index (χ3n) is 6.42. The Hall–Kier alpha value is -2.72. The maximum Gasteiger partial charge on any atom is 0.253 e. The van der Waals surface area contributed by atoms with E-state index in [4.69, 9.17) is 11.6 Å². The summed E-state index contributed by atoms with van der Waals surface area (Å²) in [6.07, 6.45) is 3.75. The SMILES string of the molecule is CC1CCN(C(=O)c2ccc(-c3cccc(-c4ccnc(C(C)(C)C)c4)c3F)c(Cl)c2)CC1. The van der Waals surface area contributed by atoms with Crippen LogP contribution in [0.5, 0.6) is 0 Å². The van der Waals surface area contributed by atoms with Gasteiger partial charge in [-0.3, -0.25) is 9.78 Å². The van der Waals surface area contributed by atoms with Crippen LogP contribution in [0.15, 0.2) is 54.7 Å². The first-order valence-electron chi connectivity index (χ1n) is 11.5. The summed E-state index contributed by atoms with van der Waals surface area (Å²) in [4.78, 5) is 19.2. The van der Waals surface area contributed by atoms with Crippen LogP contribution in [0.4, 0.5) is 4.39 Å². The van der Waals surface area contributed by atoms with Crippen molar-refractivity contribution in [3.05, 3.63) is 76.8 Å². The number of carbonyl (C=O) groups excluding carboxylic acids is 1. The summed E-state index contributed by atoms with van der Waals surface area (Å²) >= 11 is 6.58. The van der Waals surface area contributed by atoms with E-state index in [2.05, 4.69) is 32.7 Å². The lowest BCUT2D eigenvalue weighted by molar-refractivity contribution is 0.0697. The maximum absolute atomic E-state index is 15.7. The summed E-state index contributed by atoms with van der Waals surface area (Å²) in [6, 6.07) is 14.2. The fourth-order valence-electron chi connectivity index (χ4n) is 4.23. The quantitative estimate of drug-likeness (QED) is 0.405. The average Bonchev–Trinajstić information content (AvgIpc) is 2.79. The molecule has 0 aliphatic carbocycles. The molecule has 0 atom stereocenters. The van der Waals surface area contributed by atoms with Crippen LogP contribution in [0.1, 0.15) is 56.6 Å². The summed E-state index contributed by atoms with van der Waals surface area (Å²) in [7, 11) is 0. The van der Waals surface area contributed by atoms with E-state index in [-0.39, 0.29) is 17.1 Å². The molecule has 3 nitrogen and oxygen atoms in total. The van der Waals surface area contributed by atoms with E-state index in [1.807, 2.05) is 23.1 Å². The summed E-state index contributed by atoms with van der Waals surface area (Å²) in [5.74, 6) is 0.292. The van der Waals surface area contributed by atoms with Crippen LogP contribution in [0, 0.1) is 11.7 Å². The number of amides is 1. The van der Waals surface area contributed by atoms with Gasteiger partial charge in [0.25, 0.3) is 5.91 Å². The van der Waals surface area contributed by atoms with Crippen molar-refractivity contribution in [2.75, 3.05) is 13.1 Å². The first-order chi connectivity index (χ1) is 15.6. The molecule has 1 saturated heterocycles. The zero-order valence-electron chi connectivity index (χ0n) is 19.7. The van der Waals surface area contributed by atoms with Gasteiger partial charge in [-0.25, -0.2) is 4.39 Å². The van der Waals surface area contributed by atoms with Crippen molar-refractivity contribution in [2.24, 2.45) is 5.92 Å². The Bertz CT molecular complexity index is 1180. The number of hydrogen-bond donors (Lipinski definition) is 0. The number of carbonyl (C=O) groups is 1. The van der Waals surface area contributed by atoms with Crippen LogP contribution >= 0.6 is 11.6 Å². The highest BCUT2D eigenvalue weighted by Crippen LogP contribution is 2.36. The van der Waals surface area contributed by atoms with Gasteiger partial charge in [0.05, 0.1) is 0 Å². The Morgan fingerprint density at radius 2 is 1.73 bits per heavy atom. The monoisotopic (exact) mass is 464 g/mol. The van der Waals surface area contributed by atoms with Crippen molar-refractivity contribution in [1.29, 1.82) is 0 Å². The highest BCUT2D eigenvalue weighted by molar-refractivity contribution is 6.33. The molecule has 0 N–H and O–H groups in total. The van der Waals surface area contributed by atoms with E-state index in [1.54, 1.807) is 36.5 Å². The smallest absolute Gasteiger partial charge is 0.253 e. The molecule has 2 heterocycles. The number of aromatic nitrogens is 1. The van der Waals surface area contributed by atoms with Crippen LogP contribution in [-0.4, -0.2) is 28.9 Å². The molecule has 4 rings (SSSR count). The first-order valence-corrected chi connectivity index (χ1v) is 11.9. The topological polar surface area (TPSA) is 33.2 Å². The van der Waals surface area contributed by atoms with Gasteiger partial charge < -0.3 is 4.90 Å². The third kappa shape index (κ3) is 4.96. The van der Waals surface area contributed by atoms with Crippen LogP contribution in [-0.2, 0) is 5.41 Å². The van der Waals surface area contributed by atoms with Crippen LogP contribution in [0.2, 0.25) is 5.02 Å². The van der Waals surface area contributed by atoms with E-state index in [0.29, 0.717) is 33.2 Å². The van der Waals surface area contributed by atoms with Gasteiger partial charge in [0.15, 0.2) is 0 Å². The number of hydrogen-bond acceptors (Lipinski definition) is 2. The van der Waals surface area contributed by atoms with Crippen molar-refractivity contribution in [2.45, 2.75) is 46.0 Å². The second-order valence-electron chi connectivity index (χ2n) is 10.0. The minimum absolute atomic E-state index is 0.0175. The number of likely N-dealkylation sites (tertiary alicyclic amines) is 1. The molecule has 0 unspecified atom stereocenters. The molecule has 0 bridgehead atoms. The lowest BCUT2D eigenvalue weighted by atomic mass is 9.89. The summed E-state index contributed by atoms with van der Waals surface area (Å²) < 4.78 is 15.7. The van der Waals surface area contributed by atoms with Gasteiger partial charge in [-0.2, -0.15) is 0 Å². The summed E-state index contributed by atoms with van der Waals surface area (Å²) in [5, 5.41) is 0.368. The van der Waals surface area contributed by atoms with Crippen molar-refractivity contribution in [1.82, 2.24) is 9.88 Å². The minimum Gasteiger partial charge on any atom is -0.339 e. The highest BCUT2D eigenvalue weighted by atomic mass is 35.5. The van der Waals surface area contributed by atoms with E-state index in [0.717, 1.165) is 37.2 Å². The molecule has 0 radical (unpaired) electrons. The molecule has 3 aromatic rings. The molecule has 2 aromatic carbocycles. The molecule has 5 heteroatoms. The van der Waals surface area contributed by atoms with Gasteiger partial charge in [-0.1, -0.05) is 63.6 Å². The fraction of sp³-hybridized carbons (Fsp3) is 0.357. The molecule has 0 spiro atoms. The zero-order chi connectivity index (χ0) is 23.8. The molecule has 0 saturated carbocycles. The average molecular weight is 465 g/mol. The minimum atomic E-state index is -0.338. The lowest BCUT2D eigenvalue weighted by Crippen LogP contribution is -2.37. The van der Waals surface area contributed by atoms with Gasteiger partial charge in [0.2, 0.25) is 0 Å². The van der Waals surface area contributed by atoms with E-state index >= 15 is 4.39 Å². The predicted molar refractivity (Wildman–Crippen MR) is 133 cm³/mol. The van der Waals surface area contributed by atoms with Crippen molar-refractivity contribution < 1.29 is 9.18 Å². The maximum atomic E-state index is 15.7. The van der Waals surface area contributed by atoms with Gasteiger partial charge in [-0.15, -0.1) is 0 Å². The second kappa shape index (κ2) is 9.26. The van der Waals surface area contributed by atoms with Gasteiger partial charge in [-0.05, 0) is 48.6 Å². The fourth-order valence-corrected chi connectivity index (χ4v) is 4.51. The molecular weight excluding hydrogens is 435 g/mol. The Labute approximate surface area is 200 Å². The first kappa shape index (κ1) is 23.4. The number of pyridine rings is 1. The van der Waals surface area contributed by atoms with Gasteiger partial charge in [0.1, 0.15) is 5.82 Å². The van der Waals surface area contributed by atoms with Crippen LogP contribution in [0.3, 0.4) is 0 Å². The number of rotatable bonds is 3. The highest BCUT2D eigenvalue weighted by Gasteiger charge is 2.23. The number of halogens is 2. The zero-order valence-corrected chi connectivity index (χ0v) is 20.4. The number of benzene rings is 2. The third-order valence-corrected chi connectivity index (χ3v) is 6.73. The molecule has 1 aromatic heterocycles. The van der Waals surface area contributed by atoms with Crippen molar-refractivity contribution in [3.63, 3.8) is 0 Å². The standard InChI is InChI=1S/C28H30ClFN2O/c1-18-11-14-32(15-12-18)27(33)20-8-9-22(24(29)16-20)23-7-5-6-21(26(23)30)19-10-13-31-25(17-19)28(2,3)4/h5-10,13,16-18H,11-12,14-15H2,1-4H3. The summed E-state index contributed by atoms with van der Waals surface area (Å²) in [6.45, 7) is 9.99. The summed E-state index contributed by atoms with van der Waals surface area (Å²) in [5.41, 5.74) is 3.57. The number of nitrogens with zero attached hydrogens (tertiary/aromatic N) is 2. The van der Waals surface area contributed by atoms with E-state index < -0.39 is 0 Å².